The second-order valence-corrected chi connectivity index (χ2v) is 7.20. The lowest BCUT2D eigenvalue weighted by atomic mass is 9.98. The van der Waals surface area contributed by atoms with Gasteiger partial charge in [-0.3, -0.25) is 9.88 Å². The Bertz CT molecular complexity index is 1100. The average molecular weight is 386 g/mol. The van der Waals surface area contributed by atoms with Gasteiger partial charge in [-0.25, -0.2) is 9.59 Å². The van der Waals surface area contributed by atoms with Crippen LogP contribution >= 0.6 is 0 Å². The van der Waals surface area contributed by atoms with Crippen LogP contribution in [0.1, 0.15) is 33.1 Å². The summed E-state index contributed by atoms with van der Waals surface area (Å²) in [7, 11) is 0. The summed E-state index contributed by atoms with van der Waals surface area (Å²) in [4.78, 5) is 29.7. The molecule has 0 saturated carbocycles. The summed E-state index contributed by atoms with van der Waals surface area (Å²) in [6, 6.07) is 17.8. The zero-order valence-corrected chi connectivity index (χ0v) is 15.5. The first-order valence-corrected chi connectivity index (χ1v) is 9.48. The number of carbonyl (C=O) groups is 2. The number of aromatic carboxylic acids is 1. The molecule has 2 heterocycles. The Morgan fingerprint density at radius 2 is 1.72 bits per heavy atom. The molecule has 0 atom stereocenters. The molecule has 0 unspecified atom stereocenters. The van der Waals surface area contributed by atoms with Gasteiger partial charge in [-0.1, -0.05) is 48.5 Å². The molecule has 0 bridgehead atoms. The van der Waals surface area contributed by atoms with Gasteiger partial charge in [0.2, 0.25) is 0 Å². The quantitative estimate of drug-likeness (QED) is 0.733. The lowest BCUT2D eigenvalue weighted by molar-refractivity contribution is 0.0696. The standard InChI is InChI=1S/C23H18N2O4/c26-22(27)14-11-21-20(24-12-14)9-10-25(21)23(28)29-13-19-17-7-3-1-5-15(17)16-6-2-4-8-18(16)19/h1-8,11-12,19H,9-10,13H2,(H,26,27). The summed E-state index contributed by atoms with van der Waals surface area (Å²) in [5.74, 6) is -1.09. The minimum Gasteiger partial charge on any atom is -0.478 e. The van der Waals surface area contributed by atoms with Crippen LogP contribution in [0.5, 0.6) is 0 Å². The van der Waals surface area contributed by atoms with E-state index in [9.17, 15) is 14.7 Å². The number of carbonyl (C=O) groups excluding carboxylic acids is 1. The van der Waals surface area contributed by atoms with Crippen molar-refractivity contribution in [3.05, 3.63) is 83.2 Å². The summed E-state index contributed by atoms with van der Waals surface area (Å²) in [6.45, 7) is 0.660. The zero-order chi connectivity index (χ0) is 20.0. The summed E-state index contributed by atoms with van der Waals surface area (Å²) in [5.41, 5.74) is 5.93. The van der Waals surface area contributed by atoms with Crippen LogP contribution in [0.2, 0.25) is 0 Å². The largest absolute Gasteiger partial charge is 0.478 e. The van der Waals surface area contributed by atoms with Crippen molar-refractivity contribution in [1.29, 1.82) is 0 Å². The molecule has 144 valence electrons. The van der Waals surface area contributed by atoms with Crippen LogP contribution in [0.4, 0.5) is 10.5 Å². The fraction of sp³-hybridized carbons (Fsp3) is 0.174. The number of anilines is 1. The van der Waals surface area contributed by atoms with Crippen molar-refractivity contribution in [2.24, 2.45) is 0 Å². The molecule has 1 aromatic heterocycles. The second kappa shape index (κ2) is 6.74. The molecule has 0 saturated heterocycles. The van der Waals surface area contributed by atoms with Gasteiger partial charge in [0.15, 0.2) is 0 Å². The predicted octanol–water partition coefficient (Wildman–Crippen LogP) is 4.09. The molecule has 6 heteroatoms. The van der Waals surface area contributed by atoms with Crippen molar-refractivity contribution in [2.45, 2.75) is 12.3 Å². The van der Waals surface area contributed by atoms with Gasteiger partial charge in [-0.15, -0.1) is 0 Å². The molecule has 1 aliphatic heterocycles. The molecule has 3 aromatic rings. The Morgan fingerprint density at radius 3 is 2.38 bits per heavy atom. The van der Waals surface area contributed by atoms with Gasteiger partial charge < -0.3 is 9.84 Å². The Kier molecular flexibility index (Phi) is 4.05. The Hall–Kier alpha value is -3.67. The van der Waals surface area contributed by atoms with Crippen molar-refractivity contribution in [2.75, 3.05) is 18.1 Å². The van der Waals surface area contributed by atoms with Gasteiger partial charge in [0.05, 0.1) is 16.9 Å². The Balaban J connectivity index is 1.38. The molecule has 0 fully saturated rings. The number of carboxylic acids is 1. The Morgan fingerprint density at radius 1 is 1.07 bits per heavy atom. The first-order chi connectivity index (χ1) is 14.1. The van der Waals surface area contributed by atoms with Crippen molar-refractivity contribution in [3.8, 4) is 11.1 Å². The summed E-state index contributed by atoms with van der Waals surface area (Å²) < 4.78 is 5.69. The van der Waals surface area contributed by atoms with Crippen molar-refractivity contribution < 1.29 is 19.4 Å². The smallest absolute Gasteiger partial charge is 0.414 e. The van der Waals surface area contributed by atoms with Crippen LogP contribution in [-0.2, 0) is 11.2 Å². The number of fused-ring (bicyclic) bond motifs is 4. The molecule has 0 radical (unpaired) electrons. The van der Waals surface area contributed by atoms with E-state index in [1.807, 2.05) is 24.3 Å². The summed E-state index contributed by atoms with van der Waals surface area (Å²) in [5, 5.41) is 9.20. The molecule has 0 spiro atoms. The fourth-order valence-electron chi connectivity index (χ4n) is 4.22. The lowest BCUT2D eigenvalue weighted by Crippen LogP contribution is -2.31. The maximum Gasteiger partial charge on any atom is 0.414 e. The van der Waals surface area contributed by atoms with Crippen LogP contribution in [0.25, 0.3) is 11.1 Å². The molecule has 1 aliphatic carbocycles. The first kappa shape index (κ1) is 17.4. The van der Waals surface area contributed by atoms with E-state index >= 15 is 0 Å². The molecule has 1 N–H and O–H groups in total. The summed E-state index contributed by atoms with van der Waals surface area (Å²) >= 11 is 0. The summed E-state index contributed by atoms with van der Waals surface area (Å²) in [6.07, 6.45) is 1.43. The average Bonchev–Trinajstić information content (AvgIpc) is 3.31. The number of aromatic nitrogens is 1. The molecule has 1 amide bonds. The van der Waals surface area contributed by atoms with Crippen molar-refractivity contribution in [3.63, 3.8) is 0 Å². The molecular weight excluding hydrogens is 368 g/mol. The van der Waals surface area contributed by atoms with Crippen LogP contribution in [0.15, 0.2) is 60.8 Å². The number of hydrogen-bond acceptors (Lipinski definition) is 4. The minimum atomic E-state index is -1.07. The van der Waals surface area contributed by atoms with E-state index in [1.54, 1.807) is 0 Å². The molecule has 2 aromatic carbocycles. The van der Waals surface area contributed by atoms with Gasteiger partial charge in [0.1, 0.15) is 6.61 Å². The maximum atomic E-state index is 12.8. The van der Waals surface area contributed by atoms with E-state index in [-0.39, 0.29) is 18.1 Å². The number of amides is 1. The molecule has 5 rings (SSSR count). The number of hydrogen-bond donors (Lipinski definition) is 1. The van der Waals surface area contributed by atoms with Gasteiger partial charge >= 0.3 is 12.1 Å². The van der Waals surface area contributed by atoms with Crippen LogP contribution in [-0.4, -0.2) is 35.3 Å². The Labute approximate surface area is 167 Å². The predicted molar refractivity (Wildman–Crippen MR) is 107 cm³/mol. The highest BCUT2D eigenvalue weighted by atomic mass is 16.6. The number of carboxylic acid groups (broad SMARTS) is 1. The molecule has 6 nitrogen and oxygen atoms in total. The molecule has 2 aliphatic rings. The highest BCUT2D eigenvalue weighted by Gasteiger charge is 2.32. The van der Waals surface area contributed by atoms with E-state index in [1.165, 1.54) is 28.3 Å². The number of rotatable bonds is 3. The highest BCUT2D eigenvalue weighted by molar-refractivity contribution is 5.94. The number of benzene rings is 2. The monoisotopic (exact) mass is 386 g/mol. The molecular formula is C23H18N2O4. The van der Waals surface area contributed by atoms with Crippen LogP contribution < -0.4 is 4.90 Å². The molecule has 29 heavy (non-hydrogen) atoms. The van der Waals surface area contributed by atoms with Crippen molar-refractivity contribution in [1.82, 2.24) is 4.98 Å². The topological polar surface area (TPSA) is 79.7 Å². The van der Waals surface area contributed by atoms with E-state index in [2.05, 4.69) is 29.2 Å². The van der Waals surface area contributed by atoms with Gasteiger partial charge in [-0.2, -0.15) is 0 Å². The number of nitrogens with zero attached hydrogens (tertiary/aromatic N) is 2. The minimum absolute atomic E-state index is 0.0168. The normalized spacial score (nSPS) is 14.3. The van der Waals surface area contributed by atoms with Gasteiger partial charge in [0.25, 0.3) is 0 Å². The van der Waals surface area contributed by atoms with Gasteiger partial charge in [-0.05, 0) is 28.3 Å². The fourth-order valence-corrected chi connectivity index (χ4v) is 4.22. The van der Waals surface area contributed by atoms with Crippen molar-refractivity contribution >= 4 is 17.7 Å². The third kappa shape index (κ3) is 2.84. The lowest BCUT2D eigenvalue weighted by Gasteiger charge is -2.20. The first-order valence-electron chi connectivity index (χ1n) is 9.48. The second-order valence-electron chi connectivity index (χ2n) is 7.20. The zero-order valence-electron chi connectivity index (χ0n) is 15.5. The maximum absolute atomic E-state index is 12.8. The van der Waals surface area contributed by atoms with E-state index in [0.717, 1.165) is 11.1 Å². The number of ether oxygens (including phenoxy) is 1. The van der Waals surface area contributed by atoms with E-state index < -0.39 is 12.1 Å². The third-order valence-electron chi connectivity index (χ3n) is 5.61. The van der Waals surface area contributed by atoms with Crippen LogP contribution in [0, 0.1) is 0 Å². The SMILES string of the molecule is O=C(O)c1cnc2c(c1)N(C(=O)OCC1c3ccccc3-c3ccccc31)CC2. The number of pyridine rings is 1. The van der Waals surface area contributed by atoms with E-state index in [0.29, 0.717) is 24.3 Å². The van der Waals surface area contributed by atoms with Crippen LogP contribution in [0.3, 0.4) is 0 Å². The van der Waals surface area contributed by atoms with E-state index in [4.69, 9.17) is 4.74 Å². The third-order valence-corrected chi connectivity index (χ3v) is 5.61. The highest BCUT2D eigenvalue weighted by Crippen LogP contribution is 2.44. The van der Waals surface area contributed by atoms with Gasteiger partial charge in [0, 0.05) is 25.1 Å².